The molecule has 3 N–H and O–H groups in total. The van der Waals surface area contributed by atoms with Crippen LogP contribution in [0.3, 0.4) is 0 Å². The summed E-state index contributed by atoms with van der Waals surface area (Å²) in [5, 5.41) is 2.16. The SMILES string of the molecule is Cl.Nc1ccccc1C(=O)NCCC(F)(F)F. The average molecular weight is 269 g/mol. The van der Waals surface area contributed by atoms with Crippen LogP contribution in [0.25, 0.3) is 0 Å². The molecule has 0 spiro atoms. The fraction of sp³-hybridized carbons (Fsp3) is 0.300. The minimum absolute atomic E-state index is 0. The van der Waals surface area contributed by atoms with Crippen LogP contribution in [-0.4, -0.2) is 18.6 Å². The minimum Gasteiger partial charge on any atom is -0.398 e. The van der Waals surface area contributed by atoms with Crippen LogP contribution in [0.1, 0.15) is 16.8 Å². The van der Waals surface area contributed by atoms with Gasteiger partial charge in [0.25, 0.3) is 5.91 Å². The Balaban J connectivity index is 0.00000256. The fourth-order valence-electron chi connectivity index (χ4n) is 1.12. The van der Waals surface area contributed by atoms with Crippen molar-refractivity contribution in [3.05, 3.63) is 29.8 Å². The first-order valence-corrected chi connectivity index (χ1v) is 4.59. The number of hydrogen-bond acceptors (Lipinski definition) is 2. The summed E-state index contributed by atoms with van der Waals surface area (Å²) in [4.78, 5) is 11.4. The van der Waals surface area contributed by atoms with Gasteiger partial charge in [-0.05, 0) is 12.1 Å². The van der Waals surface area contributed by atoms with Gasteiger partial charge in [0.05, 0.1) is 12.0 Å². The number of nitrogens with one attached hydrogen (secondary N) is 1. The zero-order valence-electron chi connectivity index (χ0n) is 8.75. The van der Waals surface area contributed by atoms with Crippen molar-refractivity contribution in [2.24, 2.45) is 0 Å². The highest BCUT2D eigenvalue weighted by Crippen LogP contribution is 2.18. The van der Waals surface area contributed by atoms with E-state index in [1.807, 2.05) is 0 Å². The molecule has 0 saturated heterocycles. The molecule has 0 heterocycles. The van der Waals surface area contributed by atoms with Gasteiger partial charge >= 0.3 is 6.18 Å². The molecule has 0 aliphatic rings. The van der Waals surface area contributed by atoms with Crippen molar-refractivity contribution >= 4 is 24.0 Å². The molecule has 17 heavy (non-hydrogen) atoms. The van der Waals surface area contributed by atoms with E-state index in [2.05, 4.69) is 5.32 Å². The number of halogens is 4. The van der Waals surface area contributed by atoms with Crippen LogP contribution in [0.4, 0.5) is 18.9 Å². The molecular formula is C10H12ClF3N2O. The number of carbonyl (C=O) groups is 1. The van der Waals surface area contributed by atoms with Gasteiger partial charge < -0.3 is 11.1 Å². The molecule has 0 radical (unpaired) electrons. The number of nitrogens with two attached hydrogens (primary N) is 1. The van der Waals surface area contributed by atoms with E-state index in [-0.39, 0.29) is 23.7 Å². The lowest BCUT2D eigenvalue weighted by molar-refractivity contribution is -0.132. The van der Waals surface area contributed by atoms with Crippen molar-refractivity contribution in [3.8, 4) is 0 Å². The number of nitrogen functional groups attached to an aromatic ring is 1. The maximum atomic E-state index is 11.8. The van der Waals surface area contributed by atoms with Gasteiger partial charge in [0, 0.05) is 12.2 Å². The third-order valence-corrected chi connectivity index (χ3v) is 1.90. The first-order chi connectivity index (χ1) is 7.40. The molecule has 1 aromatic carbocycles. The van der Waals surface area contributed by atoms with Crippen molar-refractivity contribution in [1.82, 2.24) is 5.32 Å². The van der Waals surface area contributed by atoms with Gasteiger partial charge in [0.2, 0.25) is 0 Å². The third-order valence-electron chi connectivity index (χ3n) is 1.90. The Hall–Kier alpha value is -1.43. The lowest BCUT2D eigenvalue weighted by atomic mass is 10.1. The predicted molar refractivity (Wildman–Crippen MR) is 61.1 cm³/mol. The first-order valence-electron chi connectivity index (χ1n) is 4.59. The zero-order chi connectivity index (χ0) is 12.2. The predicted octanol–water partition coefficient (Wildman–Crippen LogP) is 2.37. The average Bonchev–Trinajstić information content (AvgIpc) is 2.16. The molecule has 0 atom stereocenters. The van der Waals surface area contributed by atoms with Crippen LogP contribution in [-0.2, 0) is 0 Å². The van der Waals surface area contributed by atoms with Crippen LogP contribution in [0.15, 0.2) is 24.3 Å². The van der Waals surface area contributed by atoms with Crippen molar-refractivity contribution in [2.75, 3.05) is 12.3 Å². The first kappa shape index (κ1) is 15.6. The highest BCUT2D eigenvalue weighted by atomic mass is 35.5. The van der Waals surface area contributed by atoms with Crippen molar-refractivity contribution < 1.29 is 18.0 Å². The lowest BCUT2D eigenvalue weighted by Crippen LogP contribution is -2.28. The molecule has 1 rings (SSSR count). The van der Waals surface area contributed by atoms with Gasteiger partial charge in [0.1, 0.15) is 0 Å². The highest BCUT2D eigenvalue weighted by molar-refractivity contribution is 5.98. The summed E-state index contributed by atoms with van der Waals surface area (Å²) in [6, 6.07) is 6.20. The Morgan fingerprint density at radius 2 is 1.88 bits per heavy atom. The second-order valence-electron chi connectivity index (χ2n) is 3.21. The topological polar surface area (TPSA) is 55.1 Å². The van der Waals surface area contributed by atoms with Crippen LogP contribution in [0, 0.1) is 0 Å². The molecule has 0 unspecified atom stereocenters. The van der Waals surface area contributed by atoms with Crippen LogP contribution in [0.5, 0.6) is 0 Å². The summed E-state index contributed by atoms with van der Waals surface area (Å²) in [7, 11) is 0. The molecule has 0 bridgehead atoms. The van der Waals surface area contributed by atoms with E-state index in [0.29, 0.717) is 0 Å². The zero-order valence-corrected chi connectivity index (χ0v) is 9.57. The second-order valence-corrected chi connectivity index (χ2v) is 3.21. The van der Waals surface area contributed by atoms with E-state index in [9.17, 15) is 18.0 Å². The number of alkyl halides is 3. The van der Waals surface area contributed by atoms with Crippen molar-refractivity contribution in [2.45, 2.75) is 12.6 Å². The molecule has 96 valence electrons. The summed E-state index contributed by atoms with van der Waals surface area (Å²) < 4.78 is 35.4. The standard InChI is InChI=1S/C10H11F3N2O.ClH/c11-10(12,13)5-6-15-9(16)7-3-1-2-4-8(7)14;/h1-4H,5-6,14H2,(H,15,16);1H. The number of benzene rings is 1. The summed E-state index contributed by atoms with van der Waals surface area (Å²) >= 11 is 0. The summed E-state index contributed by atoms with van der Waals surface area (Å²) in [6.07, 6.45) is -5.32. The van der Waals surface area contributed by atoms with Crippen LogP contribution in [0.2, 0.25) is 0 Å². The highest BCUT2D eigenvalue weighted by Gasteiger charge is 2.26. The Morgan fingerprint density at radius 3 is 2.41 bits per heavy atom. The minimum atomic E-state index is -4.27. The summed E-state index contributed by atoms with van der Waals surface area (Å²) in [6.45, 7) is -0.448. The summed E-state index contributed by atoms with van der Waals surface area (Å²) in [5.41, 5.74) is 5.92. The number of rotatable bonds is 3. The Morgan fingerprint density at radius 1 is 1.29 bits per heavy atom. The Labute approximate surface area is 103 Å². The number of anilines is 1. The largest absolute Gasteiger partial charge is 0.398 e. The summed E-state index contributed by atoms with van der Waals surface area (Å²) in [5.74, 6) is -0.595. The van der Waals surface area contributed by atoms with Gasteiger partial charge in [-0.25, -0.2) is 0 Å². The van der Waals surface area contributed by atoms with Gasteiger partial charge in [-0.15, -0.1) is 12.4 Å². The molecule has 0 saturated carbocycles. The van der Waals surface area contributed by atoms with E-state index in [1.165, 1.54) is 12.1 Å². The maximum Gasteiger partial charge on any atom is 0.390 e. The van der Waals surface area contributed by atoms with E-state index in [1.54, 1.807) is 12.1 Å². The molecule has 1 amide bonds. The molecule has 1 aromatic rings. The molecule has 0 aliphatic heterocycles. The van der Waals surface area contributed by atoms with Crippen LogP contribution < -0.4 is 11.1 Å². The second kappa shape index (κ2) is 6.34. The van der Waals surface area contributed by atoms with E-state index in [0.717, 1.165) is 0 Å². The van der Waals surface area contributed by atoms with Crippen LogP contribution >= 0.6 is 12.4 Å². The Kier molecular flexibility index (Phi) is 5.81. The monoisotopic (exact) mass is 268 g/mol. The smallest absolute Gasteiger partial charge is 0.390 e. The number of hydrogen-bond donors (Lipinski definition) is 2. The number of carbonyl (C=O) groups excluding carboxylic acids is 1. The quantitative estimate of drug-likeness (QED) is 0.827. The molecular weight excluding hydrogens is 257 g/mol. The maximum absolute atomic E-state index is 11.8. The van der Waals surface area contributed by atoms with Gasteiger partial charge in [-0.1, -0.05) is 12.1 Å². The van der Waals surface area contributed by atoms with Crippen molar-refractivity contribution in [3.63, 3.8) is 0 Å². The van der Waals surface area contributed by atoms with E-state index >= 15 is 0 Å². The molecule has 0 aliphatic carbocycles. The number of para-hydroxylation sites is 1. The lowest BCUT2D eigenvalue weighted by Gasteiger charge is -2.08. The van der Waals surface area contributed by atoms with Crippen molar-refractivity contribution in [1.29, 1.82) is 0 Å². The Bertz CT molecular complexity index is 382. The molecule has 0 aromatic heterocycles. The third kappa shape index (κ3) is 5.44. The molecule has 7 heteroatoms. The molecule has 0 fully saturated rings. The number of amides is 1. The van der Waals surface area contributed by atoms with Gasteiger partial charge in [-0.2, -0.15) is 13.2 Å². The molecule has 3 nitrogen and oxygen atoms in total. The fourth-order valence-corrected chi connectivity index (χ4v) is 1.12. The van der Waals surface area contributed by atoms with E-state index in [4.69, 9.17) is 5.73 Å². The van der Waals surface area contributed by atoms with E-state index < -0.39 is 25.0 Å². The van der Waals surface area contributed by atoms with Gasteiger partial charge in [-0.3, -0.25) is 4.79 Å². The van der Waals surface area contributed by atoms with Gasteiger partial charge in [0.15, 0.2) is 0 Å². The normalized spacial score (nSPS) is 10.5.